The van der Waals surface area contributed by atoms with Crippen LogP contribution in [0.3, 0.4) is 0 Å². The van der Waals surface area contributed by atoms with E-state index in [1.54, 1.807) is 0 Å². The highest BCUT2D eigenvalue weighted by atomic mass is 16.5. The third-order valence-electron chi connectivity index (χ3n) is 6.81. The SMILES string of the molecule is C=C(C)NCCCN1C=C(C)C2C=CC(CN(C=O)C3CC3)=CC21.C=C(OC(C)(C)C)N(C)CCOC(C)C. The number of likely N-dealkylation sites (N-methyl/N-ethyl adjacent to an activating group) is 1. The first-order chi connectivity index (χ1) is 18.3. The van der Waals surface area contributed by atoms with E-state index in [0.29, 0.717) is 30.5 Å². The van der Waals surface area contributed by atoms with Crippen LogP contribution in [0, 0.1) is 5.92 Å². The number of fused-ring (bicyclic) bond motifs is 1. The largest absolute Gasteiger partial charge is 0.474 e. The van der Waals surface area contributed by atoms with E-state index >= 15 is 0 Å². The van der Waals surface area contributed by atoms with Gasteiger partial charge in [-0.1, -0.05) is 24.8 Å². The quantitative estimate of drug-likeness (QED) is 0.169. The van der Waals surface area contributed by atoms with Crippen molar-refractivity contribution in [2.75, 3.05) is 39.8 Å². The fraction of sp³-hybridized carbons (Fsp3) is 0.656. The van der Waals surface area contributed by atoms with Crippen molar-refractivity contribution in [2.24, 2.45) is 5.92 Å². The van der Waals surface area contributed by atoms with E-state index in [9.17, 15) is 4.79 Å². The number of hydrogen-bond donors (Lipinski definition) is 1. The Hall–Kier alpha value is -2.67. The molecule has 1 N–H and O–H groups in total. The van der Waals surface area contributed by atoms with Gasteiger partial charge in [0.15, 0.2) is 5.88 Å². The third kappa shape index (κ3) is 11.9. The Morgan fingerprint density at radius 3 is 2.54 bits per heavy atom. The molecule has 0 saturated heterocycles. The van der Waals surface area contributed by atoms with Crippen molar-refractivity contribution >= 4 is 6.41 Å². The van der Waals surface area contributed by atoms with Crippen LogP contribution in [0.15, 0.2) is 60.3 Å². The average molecular weight is 543 g/mol. The molecule has 2 atom stereocenters. The molecule has 1 heterocycles. The average Bonchev–Trinajstić information content (AvgIpc) is 3.63. The topological polar surface area (TPSA) is 57.3 Å². The molecular weight excluding hydrogens is 488 g/mol. The lowest BCUT2D eigenvalue weighted by Gasteiger charge is -2.30. The number of nitrogens with zero attached hydrogens (tertiary/aromatic N) is 3. The second-order valence-corrected chi connectivity index (χ2v) is 12.2. The first-order valence-electron chi connectivity index (χ1n) is 14.4. The number of hydrogen-bond acceptors (Lipinski definition) is 6. The van der Waals surface area contributed by atoms with Gasteiger partial charge in [-0.05, 0) is 91.7 Å². The summed E-state index contributed by atoms with van der Waals surface area (Å²) in [6.45, 7) is 26.3. The Balaban J connectivity index is 0.000000309. The molecule has 0 aromatic carbocycles. The van der Waals surface area contributed by atoms with Crippen LogP contribution in [0.25, 0.3) is 0 Å². The van der Waals surface area contributed by atoms with Gasteiger partial charge in [0.25, 0.3) is 0 Å². The first kappa shape index (κ1) is 32.5. The lowest BCUT2D eigenvalue weighted by Crippen LogP contribution is -2.35. The summed E-state index contributed by atoms with van der Waals surface area (Å²) in [4.78, 5) is 17.6. The highest BCUT2D eigenvalue weighted by molar-refractivity contribution is 5.50. The summed E-state index contributed by atoms with van der Waals surface area (Å²) < 4.78 is 11.1. The van der Waals surface area contributed by atoms with E-state index in [0.717, 1.165) is 57.5 Å². The maximum atomic E-state index is 11.3. The molecule has 2 aliphatic carbocycles. The summed E-state index contributed by atoms with van der Waals surface area (Å²) in [5, 5.41) is 3.30. The third-order valence-corrected chi connectivity index (χ3v) is 6.81. The minimum absolute atomic E-state index is 0.190. The summed E-state index contributed by atoms with van der Waals surface area (Å²) in [6.07, 6.45) is 13.9. The maximum absolute atomic E-state index is 11.3. The van der Waals surface area contributed by atoms with Crippen molar-refractivity contribution in [3.63, 3.8) is 0 Å². The normalized spacial score (nSPS) is 19.9. The van der Waals surface area contributed by atoms with Gasteiger partial charge in [-0.2, -0.15) is 0 Å². The standard InChI is InChI=1S/C20H29N3O.C12H25NO2/c1-15(2)21-9-4-10-22-12-16(3)19-8-5-17(11-20(19)22)13-23(14-24)18-6-7-18;1-10(2)14-9-8-13(7)11(3)15-12(4,5)6/h5,8,11-12,14,18-21H,1,4,6-7,9-10,13H2,2-3H3;10H,3,8-9H2,1-2,4-7H3. The molecule has 1 amide bonds. The molecule has 0 spiro atoms. The molecule has 220 valence electrons. The van der Waals surface area contributed by atoms with Crippen molar-refractivity contribution in [3.8, 4) is 0 Å². The zero-order valence-electron chi connectivity index (χ0n) is 25.8. The summed E-state index contributed by atoms with van der Waals surface area (Å²) in [5.41, 5.74) is 3.53. The van der Waals surface area contributed by atoms with Crippen molar-refractivity contribution in [3.05, 3.63) is 60.3 Å². The zero-order valence-corrected chi connectivity index (χ0v) is 25.8. The van der Waals surface area contributed by atoms with Crippen molar-refractivity contribution < 1.29 is 14.3 Å². The van der Waals surface area contributed by atoms with Crippen LogP contribution in [0.4, 0.5) is 0 Å². The van der Waals surface area contributed by atoms with Crippen LogP contribution in [-0.2, 0) is 14.3 Å². The number of amides is 1. The Kier molecular flexibility index (Phi) is 12.7. The zero-order chi connectivity index (χ0) is 29.2. The van der Waals surface area contributed by atoms with Gasteiger partial charge < -0.3 is 29.5 Å². The van der Waals surface area contributed by atoms with Gasteiger partial charge in [0.05, 0.1) is 18.8 Å². The van der Waals surface area contributed by atoms with Crippen LogP contribution in [0.1, 0.15) is 67.7 Å². The molecule has 0 radical (unpaired) electrons. The molecule has 7 nitrogen and oxygen atoms in total. The number of nitrogens with one attached hydrogen (secondary N) is 1. The summed E-state index contributed by atoms with van der Waals surface area (Å²) in [6, 6.07) is 0.879. The molecule has 0 bridgehead atoms. The molecule has 3 rings (SSSR count). The Labute approximate surface area is 238 Å². The Morgan fingerprint density at radius 2 is 1.97 bits per heavy atom. The fourth-order valence-corrected chi connectivity index (χ4v) is 4.61. The smallest absolute Gasteiger partial charge is 0.210 e. The van der Waals surface area contributed by atoms with E-state index in [4.69, 9.17) is 9.47 Å². The number of carbonyl (C=O) groups is 1. The maximum Gasteiger partial charge on any atom is 0.210 e. The Morgan fingerprint density at radius 1 is 1.28 bits per heavy atom. The van der Waals surface area contributed by atoms with Crippen LogP contribution < -0.4 is 5.32 Å². The molecule has 1 aliphatic heterocycles. The predicted octanol–water partition coefficient (Wildman–Crippen LogP) is 5.45. The van der Waals surface area contributed by atoms with Crippen LogP contribution in [0.2, 0.25) is 0 Å². The minimum atomic E-state index is -0.190. The molecule has 7 heteroatoms. The fourth-order valence-electron chi connectivity index (χ4n) is 4.61. The van der Waals surface area contributed by atoms with Crippen molar-refractivity contribution in [1.29, 1.82) is 0 Å². The monoisotopic (exact) mass is 542 g/mol. The molecule has 0 aromatic heterocycles. The number of allylic oxidation sites excluding steroid dienone is 1. The summed E-state index contributed by atoms with van der Waals surface area (Å²) in [5.74, 6) is 1.17. The van der Waals surface area contributed by atoms with Gasteiger partial charge in [-0.15, -0.1) is 0 Å². The van der Waals surface area contributed by atoms with Gasteiger partial charge in [0.1, 0.15) is 5.60 Å². The molecule has 1 fully saturated rings. The lowest BCUT2D eigenvalue weighted by atomic mass is 9.89. The van der Waals surface area contributed by atoms with Crippen molar-refractivity contribution in [2.45, 2.75) is 91.5 Å². The molecule has 39 heavy (non-hydrogen) atoms. The first-order valence-corrected chi connectivity index (χ1v) is 14.4. The molecule has 0 aromatic rings. The van der Waals surface area contributed by atoms with Crippen molar-refractivity contribution in [1.82, 2.24) is 20.0 Å². The van der Waals surface area contributed by atoms with Gasteiger partial charge in [-0.3, -0.25) is 4.79 Å². The van der Waals surface area contributed by atoms with Gasteiger partial charge in [-0.25, -0.2) is 0 Å². The molecule has 2 unspecified atom stereocenters. The Bertz CT molecular complexity index is 911. The second-order valence-electron chi connectivity index (χ2n) is 12.2. The highest BCUT2D eigenvalue weighted by Gasteiger charge is 2.33. The van der Waals surface area contributed by atoms with Gasteiger partial charge in [0, 0.05) is 50.9 Å². The van der Waals surface area contributed by atoms with E-state index in [-0.39, 0.29) is 11.7 Å². The van der Waals surface area contributed by atoms with Crippen LogP contribution >= 0.6 is 0 Å². The lowest BCUT2D eigenvalue weighted by molar-refractivity contribution is -0.118. The molecular formula is C32H54N4O3. The van der Waals surface area contributed by atoms with Crippen LogP contribution in [0.5, 0.6) is 0 Å². The number of carbonyl (C=O) groups excluding carboxylic acids is 1. The van der Waals surface area contributed by atoms with E-state index in [1.165, 1.54) is 11.1 Å². The summed E-state index contributed by atoms with van der Waals surface area (Å²) >= 11 is 0. The van der Waals surface area contributed by atoms with E-state index in [1.807, 2.05) is 58.4 Å². The van der Waals surface area contributed by atoms with Gasteiger partial charge >= 0.3 is 0 Å². The number of rotatable bonds is 15. The number of ether oxygens (including phenoxy) is 2. The van der Waals surface area contributed by atoms with E-state index in [2.05, 4.69) is 54.7 Å². The van der Waals surface area contributed by atoms with Crippen LogP contribution in [-0.4, -0.2) is 84.7 Å². The van der Waals surface area contributed by atoms with E-state index < -0.39 is 0 Å². The predicted molar refractivity (Wildman–Crippen MR) is 162 cm³/mol. The molecule has 3 aliphatic rings. The minimum Gasteiger partial charge on any atom is -0.474 e. The highest BCUT2D eigenvalue weighted by Crippen LogP contribution is 2.35. The van der Waals surface area contributed by atoms with Gasteiger partial charge in [0.2, 0.25) is 6.41 Å². The second kappa shape index (κ2) is 15.2. The summed E-state index contributed by atoms with van der Waals surface area (Å²) in [7, 11) is 1.96. The molecule has 1 saturated carbocycles.